The van der Waals surface area contributed by atoms with Crippen LogP contribution in [0.1, 0.15) is 11.1 Å². The molecule has 2 aromatic rings. The Hall–Kier alpha value is -3.33. The molecule has 0 fully saturated rings. The first-order chi connectivity index (χ1) is 12.0. The Kier molecular flexibility index (Phi) is 6.13. The highest BCUT2D eigenvalue weighted by molar-refractivity contribution is 5.95. The maximum absolute atomic E-state index is 12.1. The van der Waals surface area contributed by atoms with E-state index in [1.807, 2.05) is 37.3 Å². The molecule has 0 radical (unpaired) electrons. The van der Waals surface area contributed by atoms with Gasteiger partial charge in [0, 0.05) is 18.4 Å². The van der Waals surface area contributed by atoms with Crippen molar-refractivity contribution in [3.05, 3.63) is 59.7 Å². The molecule has 0 saturated heterocycles. The van der Waals surface area contributed by atoms with E-state index in [1.54, 1.807) is 31.3 Å². The van der Waals surface area contributed by atoms with Gasteiger partial charge in [-0.1, -0.05) is 23.8 Å². The van der Waals surface area contributed by atoms with Gasteiger partial charge in [0.05, 0.1) is 24.7 Å². The summed E-state index contributed by atoms with van der Waals surface area (Å²) < 4.78 is 0. The summed E-state index contributed by atoms with van der Waals surface area (Å²) in [6.45, 7) is 1.98. The van der Waals surface area contributed by atoms with Crippen LogP contribution >= 0.6 is 0 Å². The summed E-state index contributed by atoms with van der Waals surface area (Å²) in [6.07, 6.45) is 0. The Morgan fingerprint density at radius 1 is 1.12 bits per heavy atom. The molecule has 0 bridgehead atoms. The number of hydrogen-bond acceptors (Lipinski definition) is 4. The van der Waals surface area contributed by atoms with Crippen LogP contribution in [0.4, 0.5) is 11.4 Å². The maximum atomic E-state index is 12.1. The van der Waals surface area contributed by atoms with E-state index in [1.165, 1.54) is 4.90 Å². The second-order valence-corrected chi connectivity index (χ2v) is 5.71. The number of amides is 2. The van der Waals surface area contributed by atoms with Crippen molar-refractivity contribution < 1.29 is 9.59 Å². The van der Waals surface area contributed by atoms with Crippen LogP contribution < -0.4 is 10.6 Å². The van der Waals surface area contributed by atoms with Crippen LogP contribution in [-0.2, 0) is 9.59 Å². The van der Waals surface area contributed by atoms with Crippen molar-refractivity contribution in [1.29, 1.82) is 5.26 Å². The third-order valence-electron chi connectivity index (χ3n) is 3.58. The van der Waals surface area contributed by atoms with E-state index in [9.17, 15) is 9.59 Å². The number of benzene rings is 2. The number of nitriles is 1. The Labute approximate surface area is 147 Å². The van der Waals surface area contributed by atoms with Crippen molar-refractivity contribution in [3.8, 4) is 6.07 Å². The second kappa shape index (κ2) is 8.50. The molecule has 0 atom stereocenters. The highest BCUT2D eigenvalue weighted by Crippen LogP contribution is 2.10. The molecule has 0 aliphatic carbocycles. The minimum atomic E-state index is -0.258. The third-order valence-corrected chi connectivity index (χ3v) is 3.58. The number of nitrogens with zero attached hydrogens (tertiary/aromatic N) is 2. The van der Waals surface area contributed by atoms with Gasteiger partial charge in [-0.3, -0.25) is 9.59 Å². The highest BCUT2D eigenvalue weighted by atomic mass is 16.2. The van der Waals surface area contributed by atoms with Crippen molar-refractivity contribution >= 4 is 23.2 Å². The highest BCUT2D eigenvalue weighted by Gasteiger charge is 2.13. The molecule has 0 aromatic heterocycles. The predicted molar refractivity (Wildman–Crippen MR) is 97.1 cm³/mol. The molecule has 0 heterocycles. The van der Waals surface area contributed by atoms with E-state index >= 15 is 0 Å². The topological polar surface area (TPSA) is 85.2 Å². The van der Waals surface area contributed by atoms with Gasteiger partial charge >= 0.3 is 0 Å². The Bertz CT molecular complexity index is 794. The first-order valence-corrected chi connectivity index (χ1v) is 7.82. The van der Waals surface area contributed by atoms with E-state index in [2.05, 4.69) is 10.6 Å². The first kappa shape index (κ1) is 18.0. The van der Waals surface area contributed by atoms with Gasteiger partial charge in [-0.25, -0.2) is 0 Å². The van der Waals surface area contributed by atoms with Gasteiger partial charge in [0.1, 0.15) is 0 Å². The average Bonchev–Trinajstić information content (AvgIpc) is 2.61. The number of aryl methyl sites for hydroxylation is 1. The number of likely N-dealkylation sites (N-methyl/N-ethyl adjacent to an activating group) is 1. The van der Waals surface area contributed by atoms with Crippen LogP contribution in [0, 0.1) is 18.3 Å². The standard InChI is InChI=1S/C19H20N4O2/c1-14-6-8-16(9-7-14)22-18(24)13-23(2)19(25)12-21-17-5-3-4-15(10-17)11-20/h3-10,21H,12-13H2,1-2H3,(H,22,24). The Morgan fingerprint density at radius 2 is 1.84 bits per heavy atom. The Morgan fingerprint density at radius 3 is 2.52 bits per heavy atom. The van der Waals surface area contributed by atoms with Crippen LogP contribution in [0.3, 0.4) is 0 Å². The molecule has 6 heteroatoms. The number of rotatable bonds is 6. The lowest BCUT2D eigenvalue weighted by Gasteiger charge is -2.17. The molecule has 0 aliphatic heterocycles. The maximum Gasteiger partial charge on any atom is 0.243 e. The molecular formula is C19H20N4O2. The van der Waals surface area contributed by atoms with Crippen molar-refractivity contribution in [2.75, 3.05) is 30.8 Å². The fraction of sp³-hybridized carbons (Fsp3) is 0.211. The molecule has 6 nitrogen and oxygen atoms in total. The summed E-state index contributed by atoms with van der Waals surface area (Å²) in [5.41, 5.74) is 3.01. The monoisotopic (exact) mass is 336 g/mol. The van der Waals surface area contributed by atoms with E-state index in [0.717, 1.165) is 5.56 Å². The predicted octanol–water partition coefficient (Wildman–Crippen LogP) is 2.38. The number of carbonyl (C=O) groups excluding carboxylic acids is 2. The zero-order valence-corrected chi connectivity index (χ0v) is 14.2. The van der Waals surface area contributed by atoms with Gasteiger partial charge in [-0.2, -0.15) is 5.26 Å². The van der Waals surface area contributed by atoms with Crippen molar-refractivity contribution in [2.45, 2.75) is 6.92 Å². The lowest BCUT2D eigenvalue weighted by atomic mass is 10.2. The van der Waals surface area contributed by atoms with Gasteiger partial charge in [0.2, 0.25) is 11.8 Å². The summed E-state index contributed by atoms with van der Waals surface area (Å²) in [7, 11) is 1.57. The lowest BCUT2D eigenvalue weighted by Crippen LogP contribution is -2.38. The van der Waals surface area contributed by atoms with Crippen molar-refractivity contribution in [1.82, 2.24) is 4.90 Å². The average molecular weight is 336 g/mol. The molecule has 2 amide bonds. The molecular weight excluding hydrogens is 316 g/mol. The summed E-state index contributed by atoms with van der Waals surface area (Å²) >= 11 is 0. The van der Waals surface area contributed by atoms with Crippen molar-refractivity contribution in [2.24, 2.45) is 0 Å². The van der Waals surface area contributed by atoms with Gasteiger partial charge < -0.3 is 15.5 Å². The van der Waals surface area contributed by atoms with Gasteiger partial charge in [-0.15, -0.1) is 0 Å². The quantitative estimate of drug-likeness (QED) is 0.848. The van der Waals surface area contributed by atoms with Gasteiger partial charge in [-0.05, 0) is 37.3 Å². The van der Waals surface area contributed by atoms with Crippen LogP contribution in [0.5, 0.6) is 0 Å². The molecule has 0 saturated carbocycles. The summed E-state index contributed by atoms with van der Waals surface area (Å²) in [6, 6.07) is 16.4. The summed E-state index contributed by atoms with van der Waals surface area (Å²) in [5, 5.41) is 14.6. The molecule has 2 rings (SSSR count). The zero-order valence-electron chi connectivity index (χ0n) is 14.2. The number of anilines is 2. The third kappa shape index (κ3) is 5.66. The van der Waals surface area contributed by atoms with E-state index in [0.29, 0.717) is 16.9 Å². The zero-order chi connectivity index (χ0) is 18.2. The fourth-order valence-electron chi connectivity index (χ4n) is 2.15. The number of hydrogen-bond donors (Lipinski definition) is 2. The van der Waals surface area contributed by atoms with E-state index < -0.39 is 0 Å². The minimum absolute atomic E-state index is 0.0351. The summed E-state index contributed by atoms with van der Waals surface area (Å²) in [5.74, 6) is -0.479. The SMILES string of the molecule is Cc1ccc(NC(=O)CN(C)C(=O)CNc2cccc(C#N)c2)cc1. The summed E-state index contributed by atoms with van der Waals surface area (Å²) in [4.78, 5) is 25.5. The van der Waals surface area contributed by atoms with Crippen LogP contribution in [0.2, 0.25) is 0 Å². The van der Waals surface area contributed by atoms with Gasteiger partial charge in [0.25, 0.3) is 0 Å². The smallest absolute Gasteiger partial charge is 0.243 e. The number of nitrogens with one attached hydrogen (secondary N) is 2. The first-order valence-electron chi connectivity index (χ1n) is 7.82. The van der Waals surface area contributed by atoms with Crippen LogP contribution in [0.25, 0.3) is 0 Å². The molecule has 0 unspecified atom stereocenters. The largest absolute Gasteiger partial charge is 0.376 e. The van der Waals surface area contributed by atoms with Crippen LogP contribution in [-0.4, -0.2) is 36.9 Å². The normalized spacial score (nSPS) is 9.80. The molecule has 2 aromatic carbocycles. The fourth-order valence-corrected chi connectivity index (χ4v) is 2.15. The molecule has 0 spiro atoms. The van der Waals surface area contributed by atoms with E-state index in [-0.39, 0.29) is 24.9 Å². The molecule has 128 valence electrons. The van der Waals surface area contributed by atoms with E-state index in [4.69, 9.17) is 5.26 Å². The Balaban J connectivity index is 1.82. The lowest BCUT2D eigenvalue weighted by molar-refractivity contribution is -0.131. The van der Waals surface area contributed by atoms with Gasteiger partial charge in [0.15, 0.2) is 0 Å². The number of carbonyl (C=O) groups is 2. The minimum Gasteiger partial charge on any atom is -0.376 e. The van der Waals surface area contributed by atoms with Crippen molar-refractivity contribution in [3.63, 3.8) is 0 Å². The second-order valence-electron chi connectivity index (χ2n) is 5.71. The molecule has 0 aliphatic rings. The molecule has 2 N–H and O–H groups in total. The molecule has 25 heavy (non-hydrogen) atoms. The van der Waals surface area contributed by atoms with Crippen LogP contribution in [0.15, 0.2) is 48.5 Å².